The third-order valence-corrected chi connectivity index (χ3v) is 3.79. The summed E-state index contributed by atoms with van der Waals surface area (Å²) in [5.41, 5.74) is 1.13. The predicted molar refractivity (Wildman–Crippen MR) is 63.5 cm³/mol. The third-order valence-electron chi connectivity index (χ3n) is 3.79. The van der Waals surface area contributed by atoms with E-state index in [2.05, 4.69) is 16.9 Å². The predicted octanol–water partition coefficient (Wildman–Crippen LogP) is 1.13. The average Bonchev–Trinajstić information content (AvgIpc) is 2.83. The van der Waals surface area contributed by atoms with E-state index in [9.17, 15) is 4.79 Å². The van der Waals surface area contributed by atoms with Gasteiger partial charge in [0.25, 0.3) is 0 Å². The molecule has 1 aliphatic heterocycles. The molecule has 2 heterocycles. The number of likely N-dealkylation sites (tertiary alicyclic amines) is 1. The lowest BCUT2D eigenvalue weighted by atomic mass is 9.99. The summed E-state index contributed by atoms with van der Waals surface area (Å²) in [6.07, 6.45) is 1.78. The Morgan fingerprint density at radius 3 is 2.76 bits per heavy atom. The smallest absolute Gasteiger partial charge is 0.308 e. The van der Waals surface area contributed by atoms with Gasteiger partial charge in [-0.15, -0.1) is 0 Å². The largest absolute Gasteiger partial charge is 0.481 e. The van der Waals surface area contributed by atoms with Gasteiger partial charge in [-0.05, 0) is 18.9 Å². The monoisotopic (exact) mass is 237 g/mol. The second kappa shape index (κ2) is 4.49. The number of rotatable bonds is 3. The molecule has 0 aliphatic carbocycles. The van der Waals surface area contributed by atoms with Crippen LogP contribution in [0.3, 0.4) is 0 Å². The Kier molecular flexibility index (Phi) is 3.19. The van der Waals surface area contributed by atoms with Gasteiger partial charge < -0.3 is 5.11 Å². The molecule has 0 saturated carbocycles. The zero-order valence-corrected chi connectivity index (χ0v) is 10.5. The lowest BCUT2D eigenvalue weighted by molar-refractivity contribution is -0.142. The number of carbonyl (C=O) groups is 1. The Hall–Kier alpha value is -1.36. The van der Waals surface area contributed by atoms with Crippen LogP contribution in [0.4, 0.5) is 0 Å². The number of nitrogens with zero attached hydrogens (tertiary/aromatic N) is 3. The van der Waals surface area contributed by atoms with E-state index in [0.717, 1.165) is 12.2 Å². The maximum absolute atomic E-state index is 11.1. The summed E-state index contributed by atoms with van der Waals surface area (Å²) < 4.78 is 1.85. The molecule has 1 aromatic heterocycles. The molecule has 5 heteroatoms. The van der Waals surface area contributed by atoms with Gasteiger partial charge in [-0.1, -0.05) is 6.92 Å². The standard InChI is InChI=1S/C12H19N3O2/c1-8-6-15(7-10(8)12(16)17)9(2)11-4-5-13-14(11)3/h4-5,8-10H,6-7H2,1-3H3,(H,16,17). The van der Waals surface area contributed by atoms with Crippen LogP contribution in [0.2, 0.25) is 0 Å². The van der Waals surface area contributed by atoms with Crippen LogP contribution >= 0.6 is 0 Å². The lowest BCUT2D eigenvalue weighted by Gasteiger charge is -2.24. The first-order chi connectivity index (χ1) is 8.00. The molecule has 94 valence electrons. The molecule has 0 spiro atoms. The number of aromatic nitrogens is 2. The Balaban J connectivity index is 2.10. The van der Waals surface area contributed by atoms with Crippen LogP contribution in [0.25, 0.3) is 0 Å². The first-order valence-corrected chi connectivity index (χ1v) is 5.95. The van der Waals surface area contributed by atoms with E-state index < -0.39 is 5.97 Å². The molecule has 1 N–H and O–H groups in total. The van der Waals surface area contributed by atoms with E-state index in [1.807, 2.05) is 24.7 Å². The molecule has 3 atom stereocenters. The molecule has 5 nitrogen and oxygen atoms in total. The fourth-order valence-electron chi connectivity index (χ4n) is 2.62. The number of carboxylic acids is 1. The summed E-state index contributed by atoms with van der Waals surface area (Å²) in [5.74, 6) is -0.717. The Bertz CT molecular complexity index is 416. The highest BCUT2D eigenvalue weighted by atomic mass is 16.4. The highest BCUT2D eigenvalue weighted by Crippen LogP contribution is 2.30. The van der Waals surface area contributed by atoms with Crippen LogP contribution in [-0.2, 0) is 11.8 Å². The van der Waals surface area contributed by atoms with Crippen molar-refractivity contribution in [3.63, 3.8) is 0 Å². The molecule has 2 rings (SSSR count). The minimum atomic E-state index is -0.683. The first kappa shape index (κ1) is 12.1. The maximum Gasteiger partial charge on any atom is 0.308 e. The van der Waals surface area contributed by atoms with Crippen LogP contribution in [0, 0.1) is 11.8 Å². The second-order valence-corrected chi connectivity index (χ2v) is 4.93. The van der Waals surface area contributed by atoms with Gasteiger partial charge in [0, 0.05) is 32.4 Å². The van der Waals surface area contributed by atoms with Gasteiger partial charge in [0.15, 0.2) is 0 Å². The molecule has 1 saturated heterocycles. The summed E-state index contributed by atoms with van der Waals surface area (Å²) in [6, 6.07) is 2.21. The topological polar surface area (TPSA) is 58.4 Å². The molecule has 0 aromatic carbocycles. The Morgan fingerprint density at radius 2 is 2.29 bits per heavy atom. The van der Waals surface area contributed by atoms with Crippen molar-refractivity contribution in [2.45, 2.75) is 19.9 Å². The molecule has 0 bridgehead atoms. The van der Waals surface area contributed by atoms with Gasteiger partial charge in [0.05, 0.1) is 11.6 Å². The van der Waals surface area contributed by atoms with Gasteiger partial charge in [0.1, 0.15) is 0 Å². The van der Waals surface area contributed by atoms with Crippen molar-refractivity contribution < 1.29 is 9.90 Å². The summed E-state index contributed by atoms with van der Waals surface area (Å²) >= 11 is 0. The first-order valence-electron chi connectivity index (χ1n) is 5.95. The van der Waals surface area contributed by atoms with Gasteiger partial charge in [-0.3, -0.25) is 14.4 Å². The van der Waals surface area contributed by atoms with Crippen molar-refractivity contribution in [1.29, 1.82) is 0 Å². The zero-order valence-electron chi connectivity index (χ0n) is 10.5. The third kappa shape index (κ3) is 2.20. The Labute approximate surface area is 101 Å². The van der Waals surface area contributed by atoms with Crippen molar-refractivity contribution in [2.24, 2.45) is 18.9 Å². The van der Waals surface area contributed by atoms with E-state index in [1.165, 1.54) is 0 Å². The van der Waals surface area contributed by atoms with Crippen molar-refractivity contribution >= 4 is 5.97 Å². The highest BCUT2D eigenvalue weighted by Gasteiger charge is 2.37. The van der Waals surface area contributed by atoms with Crippen LogP contribution in [-0.4, -0.2) is 38.8 Å². The van der Waals surface area contributed by atoms with Crippen LogP contribution < -0.4 is 0 Å². The molecule has 3 unspecified atom stereocenters. The summed E-state index contributed by atoms with van der Waals surface area (Å²) in [6.45, 7) is 5.58. The molecular formula is C12H19N3O2. The Morgan fingerprint density at radius 1 is 1.59 bits per heavy atom. The van der Waals surface area contributed by atoms with Crippen molar-refractivity contribution in [3.05, 3.63) is 18.0 Å². The van der Waals surface area contributed by atoms with Gasteiger partial charge >= 0.3 is 5.97 Å². The van der Waals surface area contributed by atoms with Crippen molar-refractivity contribution in [1.82, 2.24) is 14.7 Å². The maximum atomic E-state index is 11.1. The minimum absolute atomic E-state index is 0.211. The summed E-state index contributed by atoms with van der Waals surface area (Å²) in [5, 5.41) is 13.3. The van der Waals surface area contributed by atoms with Crippen LogP contribution in [0.15, 0.2) is 12.3 Å². The molecule has 17 heavy (non-hydrogen) atoms. The minimum Gasteiger partial charge on any atom is -0.481 e. The highest BCUT2D eigenvalue weighted by molar-refractivity contribution is 5.71. The molecule has 0 radical (unpaired) electrons. The van der Waals surface area contributed by atoms with Gasteiger partial charge in [0.2, 0.25) is 0 Å². The summed E-state index contributed by atoms with van der Waals surface area (Å²) in [7, 11) is 1.92. The fourth-order valence-corrected chi connectivity index (χ4v) is 2.62. The van der Waals surface area contributed by atoms with E-state index in [0.29, 0.717) is 6.54 Å². The molecule has 1 aliphatic rings. The molecular weight excluding hydrogens is 218 g/mol. The van der Waals surface area contributed by atoms with Gasteiger partial charge in [-0.25, -0.2) is 0 Å². The second-order valence-electron chi connectivity index (χ2n) is 4.93. The SMILES string of the molecule is CC1CN(C(C)c2ccnn2C)CC1C(=O)O. The molecule has 1 aromatic rings. The number of carboxylic acid groups (broad SMARTS) is 1. The number of hydrogen-bond acceptors (Lipinski definition) is 3. The fraction of sp³-hybridized carbons (Fsp3) is 0.667. The number of aryl methyl sites for hydroxylation is 1. The quantitative estimate of drug-likeness (QED) is 0.856. The van der Waals surface area contributed by atoms with E-state index in [1.54, 1.807) is 6.20 Å². The lowest BCUT2D eigenvalue weighted by Crippen LogP contribution is -2.27. The van der Waals surface area contributed by atoms with Crippen molar-refractivity contribution in [2.75, 3.05) is 13.1 Å². The van der Waals surface area contributed by atoms with Crippen molar-refractivity contribution in [3.8, 4) is 0 Å². The van der Waals surface area contributed by atoms with Crippen LogP contribution in [0.5, 0.6) is 0 Å². The van der Waals surface area contributed by atoms with Crippen LogP contribution in [0.1, 0.15) is 25.6 Å². The van der Waals surface area contributed by atoms with E-state index in [4.69, 9.17) is 5.11 Å². The van der Waals surface area contributed by atoms with E-state index in [-0.39, 0.29) is 17.9 Å². The van der Waals surface area contributed by atoms with E-state index >= 15 is 0 Å². The summed E-state index contributed by atoms with van der Waals surface area (Å²) in [4.78, 5) is 13.3. The molecule has 1 fully saturated rings. The number of aliphatic carboxylic acids is 1. The zero-order chi connectivity index (χ0) is 12.6. The number of hydrogen-bond donors (Lipinski definition) is 1. The van der Waals surface area contributed by atoms with Gasteiger partial charge in [-0.2, -0.15) is 5.10 Å². The average molecular weight is 237 g/mol. The molecule has 0 amide bonds. The normalized spacial score (nSPS) is 27.2.